The normalized spacial score (nSPS) is 13.1. The first kappa shape index (κ1) is 41.4. The van der Waals surface area contributed by atoms with Gasteiger partial charge in [0.2, 0.25) is 0 Å². The van der Waals surface area contributed by atoms with E-state index in [0.717, 1.165) is 96.3 Å². The number of hydrogen-bond donors (Lipinski definition) is 1. The van der Waals surface area contributed by atoms with Crippen LogP contribution in [-0.2, 0) is 14.3 Å². The monoisotopic (exact) mass is 610 g/mol. The van der Waals surface area contributed by atoms with Crippen LogP contribution in [0.25, 0.3) is 0 Å². The van der Waals surface area contributed by atoms with Gasteiger partial charge in [-0.15, -0.1) is 0 Å². The van der Waals surface area contributed by atoms with Gasteiger partial charge >= 0.3 is 11.9 Å². The fraction of sp³-hybridized carbons (Fsp3) is 0.650. The first-order chi connectivity index (χ1) is 21.6. The molecular formula is C40H66O4. The van der Waals surface area contributed by atoms with E-state index in [1.54, 1.807) is 0 Å². The molecule has 1 atom stereocenters. The highest BCUT2D eigenvalue weighted by Crippen LogP contribution is 2.15. The molecular weight excluding hydrogens is 544 g/mol. The van der Waals surface area contributed by atoms with Crippen LogP contribution >= 0.6 is 0 Å². The summed E-state index contributed by atoms with van der Waals surface area (Å²) in [6, 6.07) is 0. The number of allylic oxidation sites excluding steroid dienone is 12. The number of esters is 1. The van der Waals surface area contributed by atoms with Crippen LogP contribution in [0.4, 0.5) is 0 Å². The van der Waals surface area contributed by atoms with Gasteiger partial charge in [-0.3, -0.25) is 9.59 Å². The minimum atomic E-state index is -0.683. The molecule has 250 valence electrons. The van der Waals surface area contributed by atoms with Gasteiger partial charge in [0, 0.05) is 12.8 Å². The van der Waals surface area contributed by atoms with E-state index >= 15 is 0 Å². The molecule has 0 rings (SSSR count). The minimum Gasteiger partial charge on any atom is -0.481 e. The number of hydrogen-bond acceptors (Lipinski definition) is 3. The lowest BCUT2D eigenvalue weighted by Gasteiger charge is -2.16. The Labute approximate surface area is 271 Å². The molecule has 0 aromatic rings. The number of ether oxygens (including phenoxy) is 1. The Kier molecular flexibility index (Phi) is 32.8. The molecule has 0 heterocycles. The van der Waals surface area contributed by atoms with Crippen LogP contribution in [0.3, 0.4) is 0 Å². The second kappa shape index (κ2) is 34.9. The molecule has 44 heavy (non-hydrogen) atoms. The Morgan fingerprint density at radius 1 is 0.523 bits per heavy atom. The van der Waals surface area contributed by atoms with Crippen molar-refractivity contribution in [2.24, 2.45) is 0 Å². The summed E-state index contributed by atoms with van der Waals surface area (Å²) in [4.78, 5) is 22.8. The van der Waals surface area contributed by atoms with Crippen molar-refractivity contribution < 1.29 is 19.4 Å². The molecule has 1 unspecified atom stereocenters. The van der Waals surface area contributed by atoms with Gasteiger partial charge in [-0.1, -0.05) is 138 Å². The predicted octanol–water partition coefficient (Wildman–Crippen LogP) is 12.3. The molecule has 0 radical (unpaired) electrons. The van der Waals surface area contributed by atoms with E-state index in [-0.39, 0.29) is 12.1 Å². The SMILES string of the molecule is CC/C=C\C/C=C\C/C=C\C/C=C\C/C=C\C/C=C\CCCCC(=O)OC(CC)CCCCCCCCCCCCC(=O)O. The van der Waals surface area contributed by atoms with Crippen molar-refractivity contribution in [2.75, 3.05) is 0 Å². The van der Waals surface area contributed by atoms with Crippen molar-refractivity contribution in [3.8, 4) is 0 Å². The third kappa shape index (κ3) is 33.9. The number of carbonyl (C=O) groups is 2. The van der Waals surface area contributed by atoms with Gasteiger partial charge in [-0.25, -0.2) is 0 Å². The van der Waals surface area contributed by atoms with Gasteiger partial charge in [0.25, 0.3) is 0 Å². The van der Waals surface area contributed by atoms with Crippen LogP contribution in [0.1, 0.15) is 162 Å². The molecule has 4 nitrogen and oxygen atoms in total. The second-order valence-electron chi connectivity index (χ2n) is 11.6. The molecule has 4 heteroatoms. The Bertz CT molecular complexity index is 830. The van der Waals surface area contributed by atoms with E-state index in [2.05, 4.69) is 86.8 Å². The van der Waals surface area contributed by atoms with Crippen LogP contribution in [0.15, 0.2) is 72.9 Å². The zero-order valence-electron chi connectivity index (χ0n) is 28.4. The van der Waals surface area contributed by atoms with Crippen LogP contribution in [0.5, 0.6) is 0 Å². The van der Waals surface area contributed by atoms with Crippen LogP contribution in [0, 0.1) is 0 Å². The molecule has 0 aromatic carbocycles. The molecule has 0 amide bonds. The molecule has 0 aliphatic carbocycles. The summed E-state index contributed by atoms with van der Waals surface area (Å²) >= 11 is 0. The number of carboxylic acids is 1. The summed E-state index contributed by atoms with van der Waals surface area (Å²) in [6.45, 7) is 4.27. The van der Waals surface area contributed by atoms with E-state index in [4.69, 9.17) is 9.84 Å². The average Bonchev–Trinajstić information content (AvgIpc) is 3.01. The Morgan fingerprint density at radius 3 is 1.39 bits per heavy atom. The highest BCUT2D eigenvalue weighted by molar-refractivity contribution is 5.69. The molecule has 0 spiro atoms. The Balaban J connectivity index is 3.63. The minimum absolute atomic E-state index is 0.0389. The molecule has 0 aliphatic rings. The maximum Gasteiger partial charge on any atom is 0.306 e. The van der Waals surface area contributed by atoms with Gasteiger partial charge in [0.1, 0.15) is 6.10 Å². The molecule has 0 bridgehead atoms. The lowest BCUT2D eigenvalue weighted by atomic mass is 10.0. The smallest absolute Gasteiger partial charge is 0.306 e. The first-order valence-corrected chi connectivity index (χ1v) is 17.9. The maximum absolute atomic E-state index is 12.3. The van der Waals surface area contributed by atoms with E-state index in [0.29, 0.717) is 12.8 Å². The average molecular weight is 611 g/mol. The van der Waals surface area contributed by atoms with Gasteiger partial charge in [-0.2, -0.15) is 0 Å². The third-order valence-electron chi connectivity index (χ3n) is 7.52. The zero-order chi connectivity index (χ0) is 32.2. The fourth-order valence-electron chi connectivity index (χ4n) is 4.82. The number of unbranched alkanes of at least 4 members (excludes halogenated alkanes) is 11. The van der Waals surface area contributed by atoms with Crippen molar-refractivity contribution in [1.29, 1.82) is 0 Å². The third-order valence-corrected chi connectivity index (χ3v) is 7.52. The van der Waals surface area contributed by atoms with Gasteiger partial charge in [-0.05, 0) is 83.5 Å². The number of carboxylic acid groups (broad SMARTS) is 1. The number of rotatable bonds is 31. The van der Waals surface area contributed by atoms with Gasteiger partial charge < -0.3 is 9.84 Å². The Morgan fingerprint density at radius 2 is 0.932 bits per heavy atom. The molecule has 0 saturated heterocycles. The van der Waals surface area contributed by atoms with Crippen LogP contribution in [-0.4, -0.2) is 23.1 Å². The standard InChI is InChI=1S/C40H66O4/c1-3-5-6-7-8-9-10-11-12-13-14-15-16-17-18-19-20-25-28-31-34-37-40(43)44-38(4-2)35-32-29-26-23-21-22-24-27-30-33-36-39(41)42/h5-6,8-9,11-12,14-15,17-18,20,25,38H,3-4,7,10,13,16,19,21-24,26-37H2,1-2H3,(H,41,42)/b6-5-,9-8-,12-11-,15-14-,18-17-,25-20-. The predicted molar refractivity (Wildman–Crippen MR) is 190 cm³/mol. The topological polar surface area (TPSA) is 63.6 Å². The largest absolute Gasteiger partial charge is 0.481 e. The highest BCUT2D eigenvalue weighted by atomic mass is 16.5. The summed E-state index contributed by atoms with van der Waals surface area (Å²) < 4.78 is 5.73. The fourth-order valence-corrected chi connectivity index (χ4v) is 4.82. The first-order valence-electron chi connectivity index (χ1n) is 17.9. The molecule has 0 saturated carbocycles. The van der Waals surface area contributed by atoms with Crippen molar-refractivity contribution in [3.05, 3.63) is 72.9 Å². The van der Waals surface area contributed by atoms with E-state index in [9.17, 15) is 9.59 Å². The summed E-state index contributed by atoms with van der Waals surface area (Å²) in [6.07, 6.45) is 50.0. The van der Waals surface area contributed by atoms with Crippen LogP contribution in [0.2, 0.25) is 0 Å². The summed E-state index contributed by atoms with van der Waals surface area (Å²) in [7, 11) is 0. The highest BCUT2D eigenvalue weighted by Gasteiger charge is 2.12. The van der Waals surface area contributed by atoms with Gasteiger partial charge in [0.15, 0.2) is 0 Å². The number of aliphatic carboxylic acids is 1. The van der Waals surface area contributed by atoms with E-state index in [1.807, 2.05) is 0 Å². The zero-order valence-corrected chi connectivity index (χ0v) is 28.4. The van der Waals surface area contributed by atoms with Crippen molar-refractivity contribution in [2.45, 2.75) is 168 Å². The summed E-state index contributed by atoms with van der Waals surface area (Å²) in [5.74, 6) is -0.722. The lowest BCUT2D eigenvalue weighted by molar-refractivity contribution is -0.149. The summed E-state index contributed by atoms with van der Waals surface area (Å²) in [5.41, 5.74) is 0. The maximum atomic E-state index is 12.3. The van der Waals surface area contributed by atoms with Crippen molar-refractivity contribution in [1.82, 2.24) is 0 Å². The van der Waals surface area contributed by atoms with E-state index in [1.165, 1.54) is 38.5 Å². The summed E-state index contributed by atoms with van der Waals surface area (Å²) in [5, 5.41) is 8.65. The van der Waals surface area contributed by atoms with Crippen molar-refractivity contribution in [3.63, 3.8) is 0 Å². The van der Waals surface area contributed by atoms with Crippen LogP contribution < -0.4 is 0 Å². The molecule has 0 fully saturated rings. The molecule has 0 aromatic heterocycles. The van der Waals surface area contributed by atoms with Gasteiger partial charge in [0.05, 0.1) is 0 Å². The molecule has 1 N–H and O–H groups in total. The quantitative estimate of drug-likeness (QED) is 0.0482. The molecule has 0 aliphatic heterocycles. The lowest BCUT2D eigenvalue weighted by Crippen LogP contribution is -2.17. The Hall–Kier alpha value is -2.62. The second-order valence-corrected chi connectivity index (χ2v) is 11.6. The van der Waals surface area contributed by atoms with Crippen molar-refractivity contribution >= 4 is 11.9 Å². The number of carbonyl (C=O) groups excluding carboxylic acids is 1. The van der Waals surface area contributed by atoms with E-state index < -0.39 is 5.97 Å².